The number of aromatic amines is 1. The lowest BCUT2D eigenvalue weighted by Crippen LogP contribution is -2.30. The number of nitrogens with zero attached hydrogens (tertiary/aromatic N) is 2. The Morgan fingerprint density at radius 3 is 2.45 bits per heavy atom. The van der Waals surface area contributed by atoms with E-state index < -0.39 is 0 Å². The molecule has 2 rings (SSSR count). The average molecular weight is 365 g/mol. The van der Waals surface area contributed by atoms with Gasteiger partial charge in [0.15, 0.2) is 5.69 Å². The standard InChI is InChI=1S/C16H21BrN4O/c1-5-21(10(2)3)13-8-6-12(7-9-13)18-16(22)15-14(17)11(4)19-20-15/h6-10H,5H2,1-4H3,(H,18,22)(H,19,20). The zero-order valence-corrected chi connectivity index (χ0v) is 14.9. The molecule has 0 aliphatic heterocycles. The third kappa shape index (κ3) is 3.50. The number of benzene rings is 1. The summed E-state index contributed by atoms with van der Waals surface area (Å²) in [5.41, 5.74) is 3.09. The fourth-order valence-electron chi connectivity index (χ4n) is 2.34. The van der Waals surface area contributed by atoms with Crippen LogP contribution >= 0.6 is 15.9 Å². The van der Waals surface area contributed by atoms with Crippen molar-refractivity contribution >= 4 is 33.2 Å². The number of carbonyl (C=O) groups excluding carboxylic acids is 1. The normalized spacial score (nSPS) is 10.8. The molecular weight excluding hydrogens is 344 g/mol. The van der Waals surface area contributed by atoms with Crippen LogP contribution in [0.5, 0.6) is 0 Å². The Morgan fingerprint density at radius 1 is 1.36 bits per heavy atom. The summed E-state index contributed by atoms with van der Waals surface area (Å²) in [4.78, 5) is 14.5. The first-order valence-corrected chi connectivity index (χ1v) is 8.11. The molecule has 0 saturated carbocycles. The minimum absolute atomic E-state index is 0.236. The van der Waals surface area contributed by atoms with Crippen molar-refractivity contribution in [3.8, 4) is 0 Å². The van der Waals surface area contributed by atoms with Gasteiger partial charge in [0.1, 0.15) is 0 Å². The number of H-pyrrole nitrogens is 1. The molecule has 1 heterocycles. The van der Waals surface area contributed by atoms with Crippen LogP contribution in [0.25, 0.3) is 0 Å². The molecule has 22 heavy (non-hydrogen) atoms. The van der Waals surface area contributed by atoms with E-state index in [1.54, 1.807) is 0 Å². The summed E-state index contributed by atoms with van der Waals surface area (Å²) in [5.74, 6) is -0.236. The fraction of sp³-hybridized carbons (Fsp3) is 0.375. The van der Waals surface area contributed by atoms with Gasteiger partial charge in [0, 0.05) is 29.7 Å². The number of amides is 1. The Kier molecular flexibility index (Phi) is 5.24. The predicted octanol–water partition coefficient (Wildman–Crippen LogP) is 3.97. The number of anilines is 2. The highest BCUT2D eigenvalue weighted by molar-refractivity contribution is 9.10. The van der Waals surface area contributed by atoms with E-state index in [1.807, 2.05) is 31.2 Å². The quantitative estimate of drug-likeness (QED) is 0.843. The number of carbonyl (C=O) groups is 1. The van der Waals surface area contributed by atoms with E-state index in [-0.39, 0.29) is 5.91 Å². The van der Waals surface area contributed by atoms with Crippen LogP contribution in [0.2, 0.25) is 0 Å². The number of aryl methyl sites for hydroxylation is 1. The lowest BCUT2D eigenvalue weighted by molar-refractivity contribution is 0.102. The number of hydrogen-bond donors (Lipinski definition) is 2. The Labute approximate surface area is 139 Å². The van der Waals surface area contributed by atoms with Gasteiger partial charge in [-0.1, -0.05) is 0 Å². The van der Waals surface area contributed by atoms with Crippen LogP contribution in [0.3, 0.4) is 0 Å². The summed E-state index contributed by atoms with van der Waals surface area (Å²) in [6, 6.07) is 8.29. The van der Waals surface area contributed by atoms with Crippen molar-refractivity contribution in [2.45, 2.75) is 33.7 Å². The summed E-state index contributed by atoms with van der Waals surface area (Å²) in [7, 11) is 0. The first-order chi connectivity index (χ1) is 10.4. The number of nitrogens with one attached hydrogen (secondary N) is 2. The van der Waals surface area contributed by atoms with E-state index in [4.69, 9.17) is 0 Å². The highest BCUT2D eigenvalue weighted by Gasteiger charge is 2.16. The Hall–Kier alpha value is -1.82. The van der Waals surface area contributed by atoms with Gasteiger partial charge in [-0.25, -0.2) is 0 Å². The molecular formula is C16H21BrN4O. The molecule has 0 spiro atoms. The van der Waals surface area contributed by atoms with Crippen LogP contribution in [0.15, 0.2) is 28.7 Å². The van der Waals surface area contributed by atoms with Crippen LogP contribution in [0.1, 0.15) is 37.0 Å². The second-order valence-corrected chi connectivity index (χ2v) is 6.18. The molecule has 0 bridgehead atoms. The molecule has 0 radical (unpaired) electrons. The largest absolute Gasteiger partial charge is 0.369 e. The summed E-state index contributed by atoms with van der Waals surface area (Å²) >= 11 is 3.36. The molecule has 0 unspecified atom stereocenters. The van der Waals surface area contributed by atoms with Gasteiger partial charge in [0.2, 0.25) is 0 Å². The molecule has 6 heteroatoms. The molecule has 0 aliphatic carbocycles. The number of halogens is 1. The zero-order chi connectivity index (χ0) is 16.3. The molecule has 1 aromatic heterocycles. The molecule has 0 fully saturated rings. The first-order valence-electron chi connectivity index (χ1n) is 7.32. The number of aromatic nitrogens is 2. The second-order valence-electron chi connectivity index (χ2n) is 5.39. The van der Waals surface area contributed by atoms with Crippen LogP contribution in [0, 0.1) is 6.92 Å². The number of rotatable bonds is 5. The molecule has 2 N–H and O–H groups in total. The minimum atomic E-state index is -0.236. The third-order valence-corrected chi connectivity index (χ3v) is 4.48. The van der Waals surface area contributed by atoms with E-state index in [2.05, 4.69) is 57.1 Å². The SMILES string of the molecule is CCN(c1ccc(NC(=O)c2n[nH]c(C)c2Br)cc1)C(C)C. The summed E-state index contributed by atoms with van der Waals surface area (Å²) in [6.45, 7) is 9.26. The van der Waals surface area contributed by atoms with E-state index in [9.17, 15) is 4.79 Å². The van der Waals surface area contributed by atoms with Crippen LogP contribution in [-0.2, 0) is 0 Å². The highest BCUT2D eigenvalue weighted by atomic mass is 79.9. The third-order valence-electron chi connectivity index (χ3n) is 3.51. The molecule has 1 aromatic carbocycles. The van der Waals surface area contributed by atoms with Crippen molar-refractivity contribution in [3.05, 3.63) is 40.1 Å². The molecule has 118 valence electrons. The maximum atomic E-state index is 12.2. The van der Waals surface area contributed by atoms with Gasteiger partial charge in [-0.15, -0.1) is 0 Å². The van der Waals surface area contributed by atoms with Gasteiger partial charge < -0.3 is 10.2 Å². The lowest BCUT2D eigenvalue weighted by atomic mass is 10.2. The minimum Gasteiger partial charge on any atom is -0.369 e. The fourth-order valence-corrected chi connectivity index (χ4v) is 2.70. The Bertz CT molecular complexity index is 649. The van der Waals surface area contributed by atoms with Crippen molar-refractivity contribution in [1.82, 2.24) is 10.2 Å². The second kappa shape index (κ2) is 6.96. The van der Waals surface area contributed by atoms with Crippen molar-refractivity contribution < 1.29 is 4.79 Å². The van der Waals surface area contributed by atoms with Gasteiger partial charge in [0.05, 0.1) is 4.47 Å². The molecule has 0 atom stereocenters. The topological polar surface area (TPSA) is 61.0 Å². The maximum Gasteiger partial charge on any atom is 0.277 e. The lowest BCUT2D eigenvalue weighted by Gasteiger charge is -2.27. The van der Waals surface area contributed by atoms with Crippen LogP contribution in [-0.4, -0.2) is 28.7 Å². The van der Waals surface area contributed by atoms with Gasteiger partial charge in [-0.05, 0) is 67.9 Å². The predicted molar refractivity (Wildman–Crippen MR) is 93.6 cm³/mol. The molecule has 1 amide bonds. The maximum absolute atomic E-state index is 12.2. The smallest absolute Gasteiger partial charge is 0.277 e. The average Bonchev–Trinajstić information content (AvgIpc) is 2.81. The monoisotopic (exact) mass is 364 g/mol. The first kappa shape index (κ1) is 16.5. The van der Waals surface area contributed by atoms with Crippen molar-refractivity contribution in [1.29, 1.82) is 0 Å². The van der Waals surface area contributed by atoms with E-state index in [0.29, 0.717) is 16.2 Å². The Balaban J connectivity index is 2.11. The van der Waals surface area contributed by atoms with Gasteiger partial charge in [0.25, 0.3) is 5.91 Å². The Morgan fingerprint density at radius 2 is 2.00 bits per heavy atom. The summed E-state index contributed by atoms with van der Waals surface area (Å²) < 4.78 is 0.693. The molecule has 0 aliphatic rings. The molecule has 2 aromatic rings. The van der Waals surface area contributed by atoms with Crippen LogP contribution in [0.4, 0.5) is 11.4 Å². The molecule has 5 nitrogen and oxygen atoms in total. The van der Waals surface area contributed by atoms with Gasteiger partial charge >= 0.3 is 0 Å². The highest BCUT2D eigenvalue weighted by Crippen LogP contribution is 2.22. The van der Waals surface area contributed by atoms with E-state index >= 15 is 0 Å². The molecule has 0 saturated heterocycles. The summed E-state index contributed by atoms with van der Waals surface area (Å²) in [5, 5.41) is 9.64. The van der Waals surface area contributed by atoms with Gasteiger partial charge in [-0.2, -0.15) is 5.10 Å². The van der Waals surface area contributed by atoms with E-state index in [1.165, 1.54) is 0 Å². The van der Waals surface area contributed by atoms with Gasteiger partial charge in [-0.3, -0.25) is 9.89 Å². The van der Waals surface area contributed by atoms with Crippen molar-refractivity contribution in [2.75, 3.05) is 16.8 Å². The summed E-state index contributed by atoms with van der Waals surface area (Å²) in [6.07, 6.45) is 0. The zero-order valence-electron chi connectivity index (χ0n) is 13.3. The van der Waals surface area contributed by atoms with Crippen molar-refractivity contribution in [3.63, 3.8) is 0 Å². The van der Waals surface area contributed by atoms with Crippen molar-refractivity contribution in [2.24, 2.45) is 0 Å². The number of hydrogen-bond acceptors (Lipinski definition) is 3. The van der Waals surface area contributed by atoms with E-state index in [0.717, 1.165) is 23.6 Å². The van der Waals surface area contributed by atoms with Crippen LogP contribution < -0.4 is 10.2 Å².